The van der Waals surface area contributed by atoms with Gasteiger partial charge in [-0.15, -0.1) is 0 Å². The Balaban J connectivity index is 1.65. The quantitative estimate of drug-likeness (QED) is 0.591. The van der Waals surface area contributed by atoms with Crippen molar-refractivity contribution in [2.45, 2.75) is 32.3 Å². The number of aliphatic hydroxyl groups excluding tert-OH is 1. The number of hydrogen-bond donors (Lipinski definition) is 2. The summed E-state index contributed by atoms with van der Waals surface area (Å²) in [6, 6.07) is 9.91. The average Bonchev–Trinajstić information content (AvgIpc) is 2.61. The van der Waals surface area contributed by atoms with Crippen molar-refractivity contribution in [1.82, 2.24) is 15.1 Å². The van der Waals surface area contributed by atoms with Crippen LogP contribution in [-0.2, 0) is 0 Å². The van der Waals surface area contributed by atoms with E-state index in [9.17, 15) is 5.11 Å². The molecule has 0 aliphatic carbocycles. The lowest BCUT2D eigenvalue weighted by Gasteiger charge is -2.36. The van der Waals surface area contributed by atoms with Crippen molar-refractivity contribution >= 4 is 17.3 Å². The van der Waals surface area contributed by atoms with Crippen LogP contribution in [0, 0.1) is 0 Å². The summed E-state index contributed by atoms with van der Waals surface area (Å²) in [4.78, 5) is 4.67. The number of piperazine rings is 1. The molecule has 1 fully saturated rings. The molecule has 4 nitrogen and oxygen atoms in total. The first-order chi connectivity index (χ1) is 11.2. The van der Waals surface area contributed by atoms with Crippen molar-refractivity contribution in [3.8, 4) is 0 Å². The van der Waals surface area contributed by atoms with Gasteiger partial charge in [0.25, 0.3) is 0 Å². The molecule has 2 N–H and O–H groups in total. The highest BCUT2D eigenvalue weighted by molar-refractivity contribution is 7.80. The molecule has 128 valence electrons. The van der Waals surface area contributed by atoms with Crippen LogP contribution < -0.4 is 5.32 Å². The third kappa shape index (κ3) is 6.09. The van der Waals surface area contributed by atoms with Gasteiger partial charge in [0.05, 0.1) is 6.10 Å². The summed E-state index contributed by atoms with van der Waals surface area (Å²) in [7, 11) is 0. The van der Waals surface area contributed by atoms with Gasteiger partial charge in [-0.3, -0.25) is 4.90 Å². The molecule has 1 heterocycles. The summed E-state index contributed by atoms with van der Waals surface area (Å²) in [5, 5.41) is 14.5. The maximum atomic E-state index is 10.2. The van der Waals surface area contributed by atoms with Crippen LogP contribution in [0.15, 0.2) is 30.3 Å². The minimum absolute atomic E-state index is 0.369. The Kier molecular flexibility index (Phi) is 7.79. The van der Waals surface area contributed by atoms with E-state index in [4.69, 9.17) is 12.2 Å². The summed E-state index contributed by atoms with van der Waals surface area (Å²) in [5.41, 5.74) is 1.01. The fourth-order valence-electron chi connectivity index (χ4n) is 2.81. The minimum atomic E-state index is -0.369. The molecule has 1 aromatic carbocycles. The van der Waals surface area contributed by atoms with E-state index in [1.165, 1.54) is 6.42 Å². The topological polar surface area (TPSA) is 38.7 Å². The Hall–Kier alpha value is -1.17. The molecule has 0 saturated carbocycles. The first-order valence-electron chi connectivity index (χ1n) is 8.69. The maximum absolute atomic E-state index is 10.2. The van der Waals surface area contributed by atoms with E-state index >= 15 is 0 Å². The summed E-state index contributed by atoms with van der Waals surface area (Å²) in [5.74, 6) is 0. The van der Waals surface area contributed by atoms with Crippen LogP contribution in [0.3, 0.4) is 0 Å². The average molecular weight is 336 g/mol. The van der Waals surface area contributed by atoms with Gasteiger partial charge in [-0.05, 0) is 30.6 Å². The van der Waals surface area contributed by atoms with Crippen molar-refractivity contribution < 1.29 is 5.11 Å². The molecule has 0 aromatic heterocycles. The second-order valence-corrected chi connectivity index (χ2v) is 6.52. The Morgan fingerprint density at radius 2 is 1.91 bits per heavy atom. The number of nitrogens with zero attached hydrogens (tertiary/aromatic N) is 2. The lowest BCUT2D eigenvalue weighted by molar-refractivity contribution is 0.123. The van der Waals surface area contributed by atoms with Crippen LogP contribution in [0.4, 0.5) is 0 Å². The van der Waals surface area contributed by atoms with Gasteiger partial charge in [-0.2, -0.15) is 0 Å². The fourth-order valence-corrected chi connectivity index (χ4v) is 3.09. The SMILES string of the molecule is CCCCNC(=S)N1CCN(CCC(O)c2ccccc2)CC1. The number of aliphatic hydroxyl groups is 1. The monoisotopic (exact) mass is 335 g/mol. The molecule has 1 unspecified atom stereocenters. The second kappa shape index (κ2) is 9.85. The van der Waals surface area contributed by atoms with Gasteiger partial charge < -0.3 is 15.3 Å². The Morgan fingerprint density at radius 1 is 1.22 bits per heavy atom. The third-order valence-corrected chi connectivity index (χ3v) is 4.77. The van der Waals surface area contributed by atoms with Crippen molar-refractivity contribution in [1.29, 1.82) is 0 Å². The molecule has 5 heteroatoms. The molecular formula is C18H29N3OS. The van der Waals surface area contributed by atoms with Gasteiger partial charge >= 0.3 is 0 Å². The van der Waals surface area contributed by atoms with E-state index in [2.05, 4.69) is 22.0 Å². The van der Waals surface area contributed by atoms with Crippen LogP contribution in [-0.4, -0.2) is 59.3 Å². The van der Waals surface area contributed by atoms with Crippen molar-refractivity contribution in [3.05, 3.63) is 35.9 Å². The molecule has 0 radical (unpaired) electrons. The summed E-state index contributed by atoms with van der Waals surface area (Å²) in [6.07, 6.45) is 2.76. The molecule has 2 rings (SSSR count). The molecule has 23 heavy (non-hydrogen) atoms. The lowest BCUT2D eigenvalue weighted by atomic mass is 10.1. The van der Waals surface area contributed by atoms with Crippen LogP contribution in [0.1, 0.15) is 37.9 Å². The number of nitrogens with one attached hydrogen (secondary N) is 1. The Bertz CT molecular complexity index is 461. The van der Waals surface area contributed by atoms with E-state index in [1.54, 1.807) is 0 Å². The molecule has 0 bridgehead atoms. The fraction of sp³-hybridized carbons (Fsp3) is 0.611. The van der Waals surface area contributed by atoms with Crippen LogP contribution in [0.5, 0.6) is 0 Å². The first-order valence-corrected chi connectivity index (χ1v) is 9.09. The number of thiocarbonyl (C=S) groups is 1. The third-order valence-electron chi connectivity index (χ3n) is 4.37. The second-order valence-electron chi connectivity index (χ2n) is 6.13. The summed E-state index contributed by atoms with van der Waals surface area (Å²) in [6.45, 7) is 8.05. The number of rotatable bonds is 7. The predicted molar refractivity (Wildman–Crippen MR) is 99.5 cm³/mol. The molecular weight excluding hydrogens is 306 g/mol. The van der Waals surface area contributed by atoms with Gasteiger partial charge in [-0.25, -0.2) is 0 Å². The van der Waals surface area contributed by atoms with Gasteiger partial charge in [0.1, 0.15) is 0 Å². The van der Waals surface area contributed by atoms with E-state index in [0.717, 1.165) is 62.8 Å². The van der Waals surface area contributed by atoms with E-state index in [0.29, 0.717) is 0 Å². The summed E-state index contributed by atoms with van der Waals surface area (Å²) < 4.78 is 0. The van der Waals surface area contributed by atoms with Gasteiger partial charge in [0, 0.05) is 39.3 Å². The molecule has 1 atom stereocenters. The maximum Gasteiger partial charge on any atom is 0.169 e. The van der Waals surface area contributed by atoms with Crippen LogP contribution in [0.2, 0.25) is 0 Å². The summed E-state index contributed by atoms with van der Waals surface area (Å²) >= 11 is 5.45. The van der Waals surface area contributed by atoms with Crippen LogP contribution in [0.25, 0.3) is 0 Å². The zero-order chi connectivity index (χ0) is 16.5. The number of hydrogen-bond acceptors (Lipinski definition) is 3. The normalized spacial score (nSPS) is 17.0. The van der Waals surface area contributed by atoms with Gasteiger partial charge in [0.15, 0.2) is 5.11 Å². The largest absolute Gasteiger partial charge is 0.388 e. The zero-order valence-electron chi connectivity index (χ0n) is 14.1. The van der Waals surface area contributed by atoms with Gasteiger partial charge in [-0.1, -0.05) is 43.7 Å². The molecule has 1 aliphatic heterocycles. The molecule has 0 amide bonds. The number of unbranched alkanes of at least 4 members (excludes halogenated alkanes) is 1. The van der Waals surface area contributed by atoms with E-state index < -0.39 is 0 Å². The van der Waals surface area contributed by atoms with Crippen molar-refractivity contribution in [3.63, 3.8) is 0 Å². The van der Waals surface area contributed by atoms with Gasteiger partial charge in [0.2, 0.25) is 0 Å². The highest BCUT2D eigenvalue weighted by Crippen LogP contribution is 2.16. The standard InChI is InChI=1S/C18H29N3OS/c1-2-3-10-19-18(23)21-14-12-20(13-15-21)11-9-17(22)16-7-5-4-6-8-16/h4-8,17,22H,2-3,9-15H2,1H3,(H,19,23). The molecule has 0 spiro atoms. The molecule has 1 aromatic rings. The zero-order valence-corrected chi connectivity index (χ0v) is 14.9. The van der Waals surface area contributed by atoms with E-state index in [1.807, 2.05) is 30.3 Å². The Morgan fingerprint density at radius 3 is 2.57 bits per heavy atom. The highest BCUT2D eigenvalue weighted by Gasteiger charge is 2.19. The first kappa shape index (κ1) is 18.2. The van der Waals surface area contributed by atoms with Crippen molar-refractivity contribution in [2.75, 3.05) is 39.3 Å². The van der Waals surface area contributed by atoms with Crippen LogP contribution >= 0.6 is 12.2 Å². The smallest absolute Gasteiger partial charge is 0.169 e. The molecule has 1 saturated heterocycles. The number of benzene rings is 1. The molecule has 1 aliphatic rings. The highest BCUT2D eigenvalue weighted by atomic mass is 32.1. The van der Waals surface area contributed by atoms with E-state index in [-0.39, 0.29) is 6.10 Å². The van der Waals surface area contributed by atoms with Crippen molar-refractivity contribution in [2.24, 2.45) is 0 Å². The Labute approximate surface area is 145 Å². The predicted octanol–water partition coefficient (Wildman–Crippen LogP) is 2.40. The lowest BCUT2D eigenvalue weighted by Crippen LogP contribution is -2.51. The minimum Gasteiger partial charge on any atom is -0.388 e.